The van der Waals surface area contributed by atoms with Crippen LogP contribution in [-0.4, -0.2) is 24.3 Å². The zero-order valence-electron chi connectivity index (χ0n) is 13.6. The maximum atomic E-state index is 12.1. The molecule has 3 rings (SSSR count). The summed E-state index contributed by atoms with van der Waals surface area (Å²) in [5, 5.41) is 7.86. The van der Waals surface area contributed by atoms with Gasteiger partial charge in [0.05, 0.1) is 22.3 Å². The number of H-pyrrole nitrogens is 1. The molecule has 25 heavy (non-hydrogen) atoms. The van der Waals surface area contributed by atoms with Gasteiger partial charge in [0, 0.05) is 6.54 Å². The van der Waals surface area contributed by atoms with Crippen molar-refractivity contribution in [2.45, 2.75) is 24.8 Å². The van der Waals surface area contributed by atoms with E-state index in [0.29, 0.717) is 6.54 Å². The predicted molar refractivity (Wildman–Crippen MR) is 94.2 cm³/mol. The van der Waals surface area contributed by atoms with Crippen LogP contribution >= 0.6 is 0 Å². The van der Waals surface area contributed by atoms with E-state index in [-0.39, 0.29) is 17.2 Å². The number of sulfonamides is 1. The molecular weight excluding hydrogens is 340 g/mol. The van der Waals surface area contributed by atoms with Gasteiger partial charge in [-0.25, -0.2) is 18.5 Å². The molecule has 4 N–H and O–H groups in total. The van der Waals surface area contributed by atoms with Crippen molar-refractivity contribution < 1.29 is 13.2 Å². The molecule has 0 saturated heterocycles. The second-order valence-electron chi connectivity index (χ2n) is 5.82. The molecule has 0 unspecified atom stereocenters. The van der Waals surface area contributed by atoms with Crippen molar-refractivity contribution in [2.24, 2.45) is 5.14 Å². The van der Waals surface area contributed by atoms with E-state index in [1.807, 2.05) is 25.1 Å². The molecule has 3 aromatic rings. The van der Waals surface area contributed by atoms with Gasteiger partial charge in [0.15, 0.2) is 0 Å². The van der Waals surface area contributed by atoms with Crippen LogP contribution < -0.4 is 10.5 Å². The van der Waals surface area contributed by atoms with Crippen LogP contribution in [0.2, 0.25) is 0 Å². The molecule has 7 nitrogen and oxygen atoms in total. The van der Waals surface area contributed by atoms with Crippen LogP contribution in [0.1, 0.15) is 17.0 Å². The van der Waals surface area contributed by atoms with Gasteiger partial charge in [0.2, 0.25) is 15.9 Å². The summed E-state index contributed by atoms with van der Waals surface area (Å²) in [6, 6.07) is 11.8. The van der Waals surface area contributed by atoms with Crippen molar-refractivity contribution in [3.8, 4) is 0 Å². The van der Waals surface area contributed by atoms with Crippen LogP contribution in [0.4, 0.5) is 0 Å². The zero-order valence-corrected chi connectivity index (χ0v) is 14.4. The maximum absolute atomic E-state index is 12.1. The second kappa shape index (κ2) is 6.66. The minimum Gasteiger partial charge on any atom is -0.352 e. The number of aromatic amines is 1. The highest BCUT2D eigenvalue weighted by Crippen LogP contribution is 2.14. The fourth-order valence-electron chi connectivity index (χ4n) is 2.54. The first-order valence-corrected chi connectivity index (χ1v) is 9.19. The third kappa shape index (κ3) is 4.23. The van der Waals surface area contributed by atoms with Gasteiger partial charge in [-0.3, -0.25) is 4.79 Å². The van der Waals surface area contributed by atoms with Crippen LogP contribution in [0, 0.1) is 6.92 Å². The number of nitrogens with two attached hydrogens (primary N) is 1. The minimum atomic E-state index is -3.70. The van der Waals surface area contributed by atoms with Crippen molar-refractivity contribution in [1.29, 1.82) is 0 Å². The van der Waals surface area contributed by atoms with Crippen LogP contribution in [0.3, 0.4) is 0 Å². The largest absolute Gasteiger partial charge is 0.352 e. The summed E-state index contributed by atoms with van der Waals surface area (Å²) in [6.45, 7) is 2.20. The molecule has 130 valence electrons. The third-order valence-corrected chi connectivity index (χ3v) is 4.70. The van der Waals surface area contributed by atoms with Crippen molar-refractivity contribution in [3.63, 3.8) is 0 Å². The first-order valence-electron chi connectivity index (χ1n) is 7.65. The molecule has 0 bridgehead atoms. The topological polar surface area (TPSA) is 118 Å². The number of fused-ring (bicyclic) bond motifs is 1. The maximum Gasteiger partial charge on any atom is 0.238 e. The summed E-state index contributed by atoms with van der Waals surface area (Å²) in [5.41, 5.74) is 3.46. The van der Waals surface area contributed by atoms with Crippen molar-refractivity contribution >= 4 is 27.0 Å². The van der Waals surface area contributed by atoms with E-state index in [2.05, 4.69) is 15.3 Å². The lowest BCUT2D eigenvalue weighted by atomic mass is 10.1. The minimum absolute atomic E-state index is 0.0470. The van der Waals surface area contributed by atoms with Gasteiger partial charge >= 0.3 is 0 Å². The first-order chi connectivity index (χ1) is 11.8. The Morgan fingerprint density at radius 3 is 2.52 bits per heavy atom. The van der Waals surface area contributed by atoms with E-state index in [9.17, 15) is 13.2 Å². The number of aryl methyl sites for hydroxylation is 1. The number of rotatable bonds is 5. The van der Waals surface area contributed by atoms with E-state index in [0.717, 1.165) is 28.0 Å². The molecule has 0 spiro atoms. The van der Waals surface area contributed by atoms with E-state index in [4.69, 9.17) is 5.14 Å². The summed E-state index contributed by atoms with van der Waals surface area (Å²) in [6.07, 6.45) is 0.253. The highest BCUT2D eigenvalue weighted by molar-refractivity contribution is 7.89. The number of carbonyl (C=O) groups is 1. The monoisotopic (exact) mass is 358 g/mol. The molecule has 0 aliphatic carbocycles. The normalized spacial score (nSPS) is 11.6. The van der Waals surface area contributed by atoms with E-state index >= 15 is 0 Å². The van der Waals surface area contributed by atoms with E-state index in [1.54, 1.807) is 12.1 Å². The van der Waals surface area contributed by atoms with Gasteiger partial charge < -0.3 is 10.3 Å². The number of carbonyl (C=O) groups excluding carboxylic acids is 1. The molecule has 0 radical (unpaired) electrons. The fourth-order valence-corrected chi connectivity index (χ4v) is 3.06. The molecular formula is C17H18N4O3S. The lowest BCUT2D eigenvalue weighted by Crippen LogP contribution is -2.24. The number of imidazole rings is 1. The van der Waals surface area contributed by atoms with Gasteiger partial charge in [-0.15, -0.1) is 0 Å². The predicted octanol–water partition coefficient (Wildman–Crippen LogP) is 1.38. The number of amides is 1. The van der Waals surface area contributed by atoms with Crippen molar-refractivity contribution in [3.05, 3.63) is 59.4 Å². The second-order valence-corrected chi connectivity index (χ2v) is 7.38. The molecule has 1 aromatic heterocycles. The Kier molecular flexibility index (Phi) is 4.56. The number of hydrogen-bond acceptors (Lipinski definition) is 4. The third-order valence-electron chi connectivity index (χ3n) is 3.77. The first kappa shape index (κ1) is 17.1. The molecule has 8 heteroatoms. The Morgan fingerprint density at radius 1 is 1.16 bits per heavy atom. The number of benzene rings is 2. The number of primary sulfonamides is 1. The van der Waals surface area contributed by atoms with Crippen molar-refractivity contribution in [1.82, 2.24) is 15.3 Å². The van der Waals surface area contributed by atoms with Crippen molar-refractivity contribution in [2.75, 3.05) is 0 Å². The van der Waals surface area contributed by atoms with Gasteiger partial charge in [-0.1, -0.05) is 18.2 Å². The molecule has 0 aliphatic rings. The number of nitrogens with one attached hydrogen (secondary N) is 2. The Balaban J connectivity index is 1.60. The lowest BCUT2D eigenvalue weighted by Gasteiger charge is -2.06. The highest BCUT2D eigenvalue weighted by Gasteiger charge is 2.08. The van der Waals surface area contributed by atoms with Gasteiger partial charge in [0.1, 0.15) is 5.82 Å². The molecule has 0 aliphatic heterocycles. The van der Waals surface area contributed by atoms with E-state index < -0.39 is 10.0 Å². The SMILES string of the molecule is Cc1nc2ccc(CC(=O)NCc3ccc(S(N)(=O)=O)cc3)cc2[nH]1. The summed E-state index contributed by atoms with van der Waals surface area (Å²) in [4.78, 5) is 19.6. The van der Waals surface area contributed by atoms with Gasteiger partial charge in [0.25, 0.3) is 0 Å². The summed E-state index contributed by atoms with van der Waals surface area (Å²) >= 11 is 0. The average Bonchev–Trinajstić information content (AvgIpc) is 2.92. The average molecular weight is 358 g/mol. The summed E-state index contributed by atoms with van der Waals surface area (Å²) < 4.78 is 22.4. The number of aromatic nitrogens is 2. The standard InChI is InChI=1S/C17H18N4O3S/c1-11-20-15-7-4-13(8-16(15)21-11)9-17(22)19-10-12-2-5-14(6-3-12)25(18,23)24/h2-8H,9-10H2,1H3,(H,19,22)(H,20,21)(H2,18,23,24). The Bertz CT molecular complexity index is 1020. The van der Waals surface area contributed by atoms with Crippen LogP contribution in [0.15, 0.2) is 47.4 Å². The molecule has 0 fully saturated rings. The van der Waals surface area contributed by atoms with Gasteiger partial charge in [-0.05, 0) is 42.3 Å². The molecule has 2 aromatic carbocycles. The smallest absolute Gasteiger partial charge is 0.238 e. The highest BCUT2D eigenvalue weighted by atomic mass is 32.2. The van der Waals surface area contributed by atoms with Crippen LogP contribution in [0.25, 0.3) is 11.0 Å². The number of nitrogens with zero attached hydrogens (tertiary/aromatic N) is 1. The molecule has 1 amide bonds. The Morgan fingerprint density at radius 2 is 1.84 bits per heavy atom. The zero-order chi connectivity index (χ0) is 18.0. The van der Waals surface area contributed by atoms with Gasteiger partial charge in [-0.2, -0.15) is 0 Å². The fraction of sp³-hybridized carbons (Fsp3) is 0.176. The Labute approximate surface area is 145 Å². The number of hydrogen-bond donors (Lipinski definition) is 3. The molecule has 0 saturated carbocycles. The quantitative estimate of drug-likeness (QED) is 0.638. The molecule has 1 heterocycles. The molecule has 0 atom stereocenters. The van der Waals surface area contributed by atoms with Crippen LogP contribution in [0.5, 0.6) is 0 Å². The van der Waals surface area contributed by atoms with E-state index in [1.165, 1.54) is 12.1 Å². The lowest BCUT2D eigenvalue weighted by molar-refractivity contribution is -0.120. The summed E-state index contributed by atoms with van der Waals surface area (Å²) in [5.74, 6) is 0.714. The van der Waals surface area contributed by atoms with Crippen LogP contribution in [-0.2, 0) is 27.8 Å². The Hall–Kier alpha value is -2.71. The summed E-state index contributed by atoms with van der Waals surface area (Å²) in [7, 11) is -3.70.